The highest BCUT2D eigenvalue weighted by atomic mass is 35.5. The molecule has 4 rings (SSSR count). The van der Waals surface area contributed by atoms with Gasteiger partial charge in [-0.05, 0) is 66.2 Å². The van der Waals surface area contributed by atoms with E-state index in [0.29, 0.717) is 10.6 Å². The van der Waals surface area contributed by atoms with E-state index in [-0.39, 0.29) is 22.0 Å². The van der Waals surface area contributed by atoms with Gasteiger partial charge in [-0.25, -0.2) is 12.8 Å². The summed E-state index contributed by atoms with van der Waals surface area (Å²) < 4.78 is 40.5. The van der Waals surface area contributed by atoms with Gasteiger partial charge in [0.15, 0.2) is 0 Å². The molecule has 0 atom stereocenters. The Bertz CT molecular complexity index is 1460. The minimum absolute atomic E-state index is 0.142. The van der Waals surface area contributed by atoms with E-state index >= 15 is 0 Å². The SMILES string of the molecule is O=C(Nc1ccc(O)c(NS(=O)(=O)c2ccc(F)cc2)c1)c1ccc(-c2ccccc2Cl)cc1. The molecule has 34 heavy (non-hydrogen) atoms. The van der Waals surface area contributed by atoms with Crippen LogP contribution in [0.1, 0.15) is 10.4 Å². The number of phenolic OH excluding ortho intramolecular Hbond substituents is 1. The second-order valence-electron chi connectivity index (χ2n) is 7.30. The summed E-state index contributed by atoms with van der Waals surface area (Å²) in [4.78, 5) is 12.5. The van der Waals surface area contributed by atoms with Gasteiger partial charge in [-0.15, -0.1) is 0 Å². The van der Waals surface area contributed by atoms with Gasteiger partial charge in [0.25, 0.3) is 15.9 Å². The molecule has 0 aromatic heterocycles. The van der Waals surface area contributed by atoms with Gasteiger partial charge in [-0.2, -0.15) is 0 Å². The maximum Gasteiger partial charge on any atom is 0.262 e. The van der Waals surface area contributed by atoms with E-state index < -0.39 is 21.7 Å². The Labute approximate surface area is 200 Å². The van der Waals surface area contributed by atoms with Crippen LogP contribution in [-0.2, 0) is 10.0 Å². The van der Waals surface area contributed by atoms with Crippen LogP contribution < -0.4 is 10.0 Å². The number of halogens is 2. The average molecular weight is 497 g/mol. The lowest BCUT2D eigenvalue weighted by molar-refractivity contribution is 0.102. The van der Waals surface area contributed by atoms with E-state index in [1.165, 1.54) is 18.2 Å². The van der Waals surface area contributed by atoms with Crippen LogP contribution >= 0.6 is 11.6 Å². The van der Waals surface area contributed by atoms with Gasteiger partial charge in [0, 0.05) is 21.8 Å². The number of anilines is 2. The van der Waals surface area contributed by atoms with Crippen LogP contribution in [0.4, 0.5) is 15.8 Å². The Morgan fingerprint density at radius 1 is 0.882 bits per heavy atom. The topological polar surface area (TPSA) is 95.5 Å². The van der Waals surface area contributed by atoms with Gasteiger partial charge in [0.2, 0.25) is 0 Å². The molecule has 0 aliphatic heterocycles. The zero-order chi connectivity index (χ0) is 24.3. The number of carbonyl (C=O) groups is 1. The molecule has 9 heteroatoms. The van der Waals surface area contributed by atoms with Crippen molar-refractivity contribution in [1.82, 2.24) is 0 Å². The first-order valence-corrected chi connectivity index (χ1v) is 11.9. The minimum Gasteiger partial charge on any atom is -0.506 e. The summed E-state index contributed by atoms with van der Waals surface area (Å²) in [6, 6.07) is 22.4. The van der Waals surface area contributed by atoms with Crippen LogP contribution in [0.15, 0.2) is 95.9 Å². The molecule has 0 spiro atoms. The Kier molecular flexibility index (Phi) is 6.54. The predicted molar refractivity (Wildman–Crippen MR) is 130 cm³/mol. The summed E-state index contributed by atoms with van der Waals surface area (Å²) >= 11 is 6.22. The molecule has 0 saturated heterocycles. The lowest BCUT2D eigenvalue weighted by atomic mass is 10.0. The fourth-order valence-electron chi connectivity index (χ4n) is 3.21. The monoisotopic (exact) mass is 496 g/mol. The van der Waals surface area contributed by atoms with Crippen molar-refractivity contribution in [3.63, 3.8) is 0 Å². The predicted octanol–water partition coefficient (Wildman–Crippen LogP) is 5.90. The Hall–Kier alpha value is -3.88. The molecular weight excluding hydrogens is 479 g/mol. The normalized spacial score (nSPS) is 11.1. The number of sulfonamides is 1. The Morgan fingerprint density at radius 3 is 2.24 bits per heavy atom. The third-order valence-electron chi connectivity index (χ3n) is 4.95. The number of amides is 1. The zero-order valence-corrected chi connectivity index (χ0v) is 19.1. The van der Waals surface area contributed by atoms with Crippen LogP contribution in [0.2, 0.25) is 5.02 Å². The van der Waals surface area contributed by atoms with E-state index in [1.54, 1.807) is 30.3 Å². The highest BCUT2D eigenvalue weighted by molar-refractivity contribution is 7.92. The molecule has 0 saturated carbocycles. The first-order valence-electron chi connectivity index (χ1n) is 10.0. The first-order chi connectivity index (χ1) is 16.2. The molecule has 0 radical (unpaired) electrons. The number of nitrogens with one attached hydrogen (secondary N) is 2. The molecule has 0 unspecified atom stereocenters. The lowest BCUT2D eigenvalue weighted by Crippen LogP contribution is -2.14. The summed E-state index contributed by atoms with van der Waals surface area (Å²) in [5.74, 6) is -1.34. The van der Waals surface area contributed by atoms with Gasteiger partial charge in [0.1, 0.15) is 11.6 Å². The number of aromatic hydroxyl groups is 1. The van der Waals surface area contributed by atoms with Crippen molar-refractivity contribution >= 4 is 38.9 Å². The van der Waals surface area contributed by atoms with Crippen LogP contribution in [0, 0.1) is 5.82 Å². The number of carbonyl (C=O) groups excluding carboxylic acids is 1. The quantitative estimate of drug-likeness (QED) is 0.228. The van der Waals surface area contributed by atoms with E-state index in [2.05, 4.69) is 10.0 Å². The van der Waals surface area contributed by atoms with Crippen LogP contribution in [0.3, 0.4) is 0 Å². The summed E-state index contributed by atoms with van der Waals surface area (Å²) in [5.41, 5.74) is 2.18. The fraction of sp³-hybridized carbons (Fsp3) is 0. The molecule has 6 nitrogen and oxygen atoms in total. The van der Waals surface area contributed by atoms with Crippen molar-refractivity contribution in [3.8, 4) is 16.9 Å². The summed E-state index contributed by atoms with van der Waals surface area (Å²) in [5, 5.41) is 13.4. The number of phenols is 1. The highest BCUT2D eigenvalue weighted by Crippen LogP contribution is 2.30. The second kappa shape index (κ2) is 9.54. The third-order valence-corrected chi connectivity index (χ3v) is 6.67. The molecule has 0 aliphatic carbocycles. The standard InChI is InChI=1S/C25H18ClFN2O4S/c26-22-4-2-1-3-21(22)16-5-7-17(8-6-16)25(31)28-19-11-14-24(30)23(15-19)29-34(32,33)20-12-9-18(27)10-13-20/h1-15,29-30H,(H,28,31). The van der Waals surface area contributed by atoms with Crippen molar-refractivity contribution in [2.75, 3.05) is 10.0 Å². The maximum atomic E-state index is 13.1. The molecule has 0 bridgehead atoms. The van der Waals surface area contributed by atoms with E-state index in [4.69, 9.17) is 11.6 Å². The molecule has 0 heterocycles. The molecule has 4 aromatic carbocycles. The number of rotatable bonds is 6. The zero-order valence-electron chi connectivity index (χ0n) is 17.5. The van der Waals surface area contributed by atoms with Gasteiger partial charge in [0.05, 0.1) is 10.6 Å². The number of benzene rings is 4. The fourth-order valence-corrected chi connectivity index (χ4v) is 4.52. The number of hydrogen-bond acceptors (Lipinski definition) is 4. The van der Waals surface area contributed by atoms with Crippen LogP contribution in [0.5, 0.6) is 5.75 Å². The molecule has 0 aliphatic rings. The molecule has 1 amide bonds. The smallest absolute Gasteiger partial charge is 0.262 e. The first kappa shape index (κ1) is 23.3. The summed E-state index contributed by atoms with van der Waals surface area (Å²) in [6.07, 6.45) is 0. The van der Waals surface area contributed by atoms with E-state index in [1.807, 2.05) is 18.2 Å². The van der Waals surface area contributed by atoms with Crippen molar-refractivity contribution in [3.05, 3.63) is 107 Å². The maximum absolute atomic E-state index is 13.1. The highest BCUT2D eigenvalue weighted by Gasteiger charge is 2.17. The largest absolute Gasteiger partial charge is 0.506 e. The van der Waals surface area contributed by atoms with Crippen molar-refractivity contribution in [1.29, 1.82) is 0 Å². The van der Waals surface area contributed by atoms with Crippen LogP contribution in [0.25, 0.3) is 11.1 Å². The molecule has 4 aromatic rings. The van der Waals surface area contributed by atoms with E-state index in [9.17, 15) is 22.7 Å². The van der Waals surface area contributed by atoms with Gasteiger partial charge < -0.3 is 10.4 Å². The van der Waals surface area contributed by atoms with Gasteiger partial charge >= 0.3 is 0 Å². The lowest BCUT2D eigenvalue weighted by Gasteiger charge is -2.12. The number of hydrogen-bond donors (Lipinski definition) is 3. The molecular formula is C25H18ClFN2O4S. The molecule has 0 fully saturated rings. The molecule has 3 N–H and O–H groups in total. The van der Waals surface area contributed by atoms with Crippen molar-refractivity contribution in [2.24, 2.45) is 0 Å². The van der Waals surface area contributed by atoms with E-state index in [0.717, 1.165) is 35.4 Å². The molecule has 172 valence electrons. The summed E-state index contributed by atoms with van der Waals surface area (Å²) in [7, 11) is -4.08. The minimum atomic E-state index is -4.08. The van der Waals surface area contributed by atoms with Gasteiger partial charge in [-0.3, -0.25) is 9.52 Å². The van der Waals surface area contributed by atoms with Crippen LogP contribution in [-0.4, -0.2) is 19.4 Å². The second-order valence-corrected chi connectivity index (χ2v) is 9.39. The Balaban J connectivity index is 1.51. The van der Waals surface area contributed by atoms with Crippen molar-refractivity contribution in [2.45, 2.75) is 4.90 Å². The summed E-state index contributed by atoms with van der Waals surface area (Å²) in [6.45, 7) is 0. The average Bonchev–Trinajstić information content (AvgIpc) is 2.82. The van der Waals surface area contributed by atoms with Crippen molar-refractivity contribution < 1.29 is 22.7 Å². The Morgan fingerprint density at radius 2 is 1.56 bits per heavy atom. The third kappa shape index (κ3) is 5.19. The van der Waals surface area contributed by atoms with Gasteiger partial charge in [-0.1, -0.05) is 41.9 Å².